The maximum Gasteiger partial charge on any atom is 0.339 e. The first-order valence-electron chi connectivity index (χ1n) is 9.85. The summed E-state index contributed by atoms with van der Waals surface area (Å²) in [5.41, 5.74) is 1.35. The average molecular weight is 423 g/mol. The van der Waals surface area contributed by atoms with E-state index in [0.29, 0.717) is 28.5 Å². The molecule has 0 spiro atoms. The number of nitrogens with zero attached hydrogens (tertiary/aromatic N) is 1. The quantitative estimate of drug-likeness (QED) is 0.545. The largest absolute Gasteiger partial charge is 0.479 e. The summed E-state index contributed by atoms with van der Waals surface area (Å²) in [7, 11) is 0. The predicted octanol–water partition coefficient (Wildman–Crippen LogP) is 2.67. The molecular formula is C21H27ClN2O5. The Kier molecular flexibility index (Phi) is 7.16. The fourth-order valence-electron chi connectivity index (χ4n) is 3.26. The van der Waals surface area contributed by atoms with E-state index in [1.54, 1.807) is 26.0 Å². The number of nitrogens with one attached hydrogen (secondary N) is 1. The van der Waals surface area contributed by atoms with E-state index in [4.69, 9.17) is 25.5 Å². The Hall–Kier alpha value is -2.09. The third-order valence-corrected chi connectivity index (χ3v) is 5.53. The summed E-state index contributed by atoms with van der Waals surface area (Å²) in [4.78, 5) is 26.6. The molecule has 1 unspecified atom stereocenters. The average Bonchev–Trinajstić information content (AvgIpc) is 2.71. The summed E-state index contributed by atoms with van der Waals surface area (Å²) in [6, 6.07) is 3.26. The van der Waals surface area contributed by atoms with Gasteiger partial charge in [0.05, 0.1) is 18.2 Å². The number of halogens is 1. The lowest BCUT2D eigenvalue weighted by Gasteiger charge is -2.26. The molecule has 0 bridgehead atoms. The van der Waals surface area contributed by atoms with Gasteiger partial charge in [-0.1, -0.05) is 11.6 Å². The van der Waals surface area contributed by atoms with Crippen LogP contribution in [0.4, 0.5) is 0 Å². The second kappa shape index (κ2) is 9.61. The van der Waals surface area contributed by atoms with E-state index in [-0.39, 0.29) is 5.91 Å². The SMILES string of the molecule is Cc1c(C)c2cc(Cl)c(OC(C)C(=O)NCCCN3CCOCC3)cc2oc1=O. The Morgan fingerprint density at radius 1 is 1.28 bits per heavy atom. The first-order chi connectivity index (χ1) is 13.9. The number of amides is 1. The predicted molar refractivity (Wildman–Crippen MR) is 112 cm³/mol. The lowest BCUT2D eigenvalue weighted by molar-refractivity contribution is -0.127. The van der Waals surface area contributed by atoms with Crippen LogP contribution in [0.15, 0.2) is 21.3 Å². The van der Waals surface area contributed by atoms with Crippen LogP contribution in [0.1, 0.15) is 24.5 Å². The summed E-state index contributed by atoms with van der Waals surface area (Å²) < 4.78 is 16.4. The molecule has 1 amide bonds. The van der Waals surface area contributed by atoms with Gasteiger partial charge in [-0.2, -0.15) is 0 Å². The molecule has 8 heteroatoms. The summed E-state index contributed by atoms with van der Waals surface area (Å²) in [5.74, 6) is 0.0891. The molecule has 0 aliphatic carbocycles. The van der Waals surface area contributed by atoms with E-state index in [1.165, 1.54) is 0 Å². The number of morpholine rings is 1. The van der Waals surface area contributed by atoms with Crippen LogP contribution >= 0.6 is 11.6 Å². The monoisotopic (exact) mass is 422 g/mol. The Balaban J connectivity index is 1.57. The van der Waals surface area contributed by atoms with Crippen molar-refractivity contribution in [2.45, 2.75) is 33.3 Å². The highest BCUT2D eigenvalue weighted by molar-refractivity contribution is 6.32. The lowest BCUT2D eigenvalue weighted by atomic mass is 10.1. The third kappa shape index (κ3) is 5.29. The van der Waals surface area contributed by atoms with Crippen molar-refractivity contribution < 1.29 is 18.7 Å². The minimum absolute atomic E-state index is 0.218. The van der Waals surface area contributed by atoms with Crippen LogP contribution in [0.25, 0.3) is 11.0 Å². The number of aryl methyl sites for hydroxylation is 1. The van der Waals surface area contributed by atoms with Crippen molar-refractivity contribution in [1.29, 1.82) is 0 Å². The zero-order valence-corrected chi connectivity index (χ0v) is 17.8. The van der Waals surface area contributed by atoms with Gasteiger partial charge in [0.2, 0.25) is 0 Å². The molecule has 1 N–H and O–H groups in total. The highest BCUT2D eigenvalue weighted by Crippen LogP contribution is 2.32. The van der Waals surface area contributed by atoms with E-state index >= 15 is 0 Å². The van der Waals surface area contributed by atoms with E-state index in [9.17, 15) is 9.59 Å². The number of hydrogen-bond donors (Lipinski definition) is 1. The van der Waals surface area contributed by atoms with E-state index in [1.807, 2.05) is 6.92 Å². The molecule has 1 aromatic heterocycles. The summed E-state index contributed by atoms with van der Waals surface area (Å²) >= 11 is 6.34. The number of hydrogen-bond acceptors (Lipinski definition) is 6. The van der Waals surface area contributed by atoms with Crippen LogP contribution in [0, 0.1) is 13.8 Å². The van der Waals surface area contributed by atoms with Crippen molar-refractivity contribution in [2.75, 3.05) is 39.4 Å². The molecule has 1 saturated heterocycles. The summed E-state index contributed by atoms with van der Waals surface area (Å²) in [6.45, 7) is 10.1. The van der Waals surface area contributed by atoms with E-state index in [0.717, 1.165) is 50.2 Å². The van der Waals surface area contributed by atoms with Crippen molar-refractivity contribution in [1.82, 2.24) is 10.2 Å². The first-order valence-corrected chi connectivity index (χ1v) is 10.2. The van der Waals surface area contributed by atoms with Gasteiger partial charge in [0.1, 0.15) is 11.3 Å². The molecule has 2 heterocycles. The van der Waals surface area contributed by atoms with Crippen molar-refractivity contribution in [3.05, 3.63) is 38.7 Å². The highest BCUT2D eigenvalue weighted by Gasteiger charge is 2.18. The highest BCUT2D eigenvalue weighted by atomic mass is 35.5. The van der Waals surface area contributed by atoms with Crippen LogP contribution in [-0.2, 0) is 9.53 Å². The van der Waals surface area contributed by atoms with Gasteiger partial charge >= 0.3 is 5.63 Å². The van der Waals surface area contributed by atoms with Crippen LogP contribution in [0.3, 0.4) is 0 Å². The minimum atomic E-state index is -0.730. The Morgan fingerprint density at radius 3 is 2.72 bits per heavy atom. The maximum atomic E-state index is 12.3. The number of benzene rings is 1. The van der Waals surface area contributed by atoms with Gasteiger partial charge in [-0.15, -0.1) is 0 Å². The molecule has 1 fully saturated rings. The fraction of sp³-hybridized carbons (Fsp3) is 0.524. The molecular weight excluding hydrogens is 396 g/mol. The number of carbonyl (C=O) groups excluding carboxylic acids is 1. The number of carbonyl (C=O) groups is 1. The van der Waals surface area contributed by atoms with Crippen LogP contribution in [-0.4, -0.2) is 56.3 Å². The Morgan fingerprint density at radius 2 is 2.00 bits per heavy atom. The molecule has 1 aromatic carbocycles. The van der Waals surface area contributed by atoms with Crippen LogP contribution < -0.4 is 15.7 Å². The van der Waals surface area contributed by atoms with Gasteiger partial charge in [-0.05, 0) is 45.4 Å². The molecule has 1 atom stereocenters. The zero-order valence-electron chi connectivity index (χ0n) is 17.0. The van der Waals surface area contributed by atoms with Crippen molar-refractivity contribution >= 4 is 28.5 Å². The molecule has 158 valence electrons. The second-order valence-corrected chi connectivity index (χ2v) is 7.68. The first kappa shape index (κ1) is 21.6. The molecule has 0 saturated carbocycles. The van der Waals surface area contributed by atoms with Crippen molar-refractivity contribution in [3.8, 4) is 5.75 Å². The van der Waals surface area contributed by atoms with Gasteiger partial charge in [0.25, 0.3) is 5.91 Å². The smallest absolute Gasteiger partial charge is 0.339 e. The van der Waals surface area contributed by atoms with Crippen molar-refractivity contribution in [2.24, 2.45) is 0 Å². The van der Waals surface area contributed by atoms with Crippen LogP contribution in [0.5, 0.6) is 5.75 Å². The minimum Gasteiger partial charge on any atom is -0.479 e. The van der Waals surface area contributed by atoms with E-state index < -0.39 is 11.7 Å². The molecule has 1 aliphatic rings. The molecule has 3 rings (SSSR count). The lowest BCUT2D eigenvalue weighted by Crippen LogP contribution is -2.40. The van der Waals surface area contributed by atoms with Gasteiger partial charge in [0, 0.05) is 36.7 Å². The van der Waals surface area contributed by atoms with Gasteiger partial charge in [0.15, 0.2) is 6.10 Å². The molecule has 2 aromatic rings. The van der Waals surface area contributed by atoms with Gasteiger partial charge in [-0.25, -0.2) is 4.79 Å². The van der Waals surface area contributed by atoms with Crippen molar-refractivity contribution in [3.63, 3.8) is 0 Å². The summed E-state index contributed by atoms with van der Waals surface area (Å²) in [6.07, 6.45) is 0.130. The molecule has 0 radical (unpaired) electrons. The topological polar surface area (TPSA) is 81.0 Å². The third-order valence-electron chi connectivity index (χ3n) is 5.24. The number of fused-ring (bicyclic) bond motifs is 1. The number of rotatable bonds is 7. The molecule has 7 nitrogen and oxygen atoms in total. The van der Waals surface area contributed by atoms with E-state index in [2.05, 4.69) is 10.2 Å². The number of ether oxygens (including phenoxy) is 2. The van der Waals surface area contributed by atoms with Gasteiger partial charge in [-0.3, -0.25) is 9.69 Å². The fourth-order valence-corrected chi connectivity index (χ4v) is 3.47. The molecule has 29 heavy (non-hydrogen) atoms. The second-order valence-electron chi connectivity index (χ2n) is 7.28. The Labute approximate surface area is 174 Å². The standard InChI is InChI=1S/C21H27ClN2O5/c1-13-14(2)21(26)29-18-12-19(17(22)11-16(13)18)28-15(3)20(25)23-5-4-6-24-7-9-27-10-8-24/h11-12,15H,4-10H2,1-3H3,(H,23,25). The van der Waals surface area contributed by atoms with Crippen LogP contribution in [0.2, 0.25) is 5.02 Å². The normalized spacial score (nSPS) is 16.0. The summed E-state index contributed by atoms with van der Waals surface area (Å²) in [5, 5.41) is 4.00. The molecule has 1 aliphatic heterocycles. The Bertz CT molecular complexity index is 937. The zero-order chi connectivity index (χ0) is 21.0. The van der Waals surface area contributed by atoms with Gasteiger partial charge < -0.3 is 19.2 Å². The maximum absolute atomic E-state index is 12.3.